The number of aliphatic hydroxyl groups excluding tert-OH is 3. The van der Waals surface area contributed by atoms with Crippen molar-refractivity contribution in [1.82, 2.24) is 0 Å². The van der Waals surface area contributed by atoms with E-state index >= 15 is 0 Å². The molecule has 10 nitrogen and oxygen atoms in total. The lowest BCUT2D eigenvalue weighted by atomic mass is 10.0. The van der Waals surface area contributed by atoms with E-state index in [-0.39, 0.29) is 11.3 Å². The van der Waals surface area contributed by atoms with Crippen molar-refractivity contribution in [2.24, 2.45) is 0 Å². The minimum absolute atomic E-state index is 0.190. The molecule has 0 saturated carbocycles. The number of aromatic hydroxyl groups is 4. The second kappa shape index (κ2) is 7.52. The quantitative estimate of drug-likeness (QED) is 0.329. The first kappa shape index (κ1) is 19.7. The summed E-state index contributed by atoms with van der Waals surface area (Å²) < 4.78 is 10.5. The van der Waals surface area contributed by atoms with Gasteiger partial charge in [0.1, 0.15) is 52.6 Å². The summed E-state index contributed by atoms with van der Waals surface area (Å²) in [4.78, 5) is 12.8. The predicted octanol–water partition coefficient (Wildman–Crippen LogP) is -0.442. The van der Waals surface area contributed by atoms with Crippen LogP contribution in [0.1, 0.15) is 15.9 Å². The number of phenolic OH excluding ortho intramolecular Hbond substituents is 4. The van der Waals surface area contributed by atoms with Crippen molar-refractivity contribution in [3.63, 3.8) is 0 Å². The largest absolute Gasteiger partial charge is 0.508 e. The first-order valence-corrected chi connectivity index (χ1v) is 8.14. The van der Waals surface area contributed by atoms with E-state index in [1.807, 2.05) is 0 Å². The smallest absolute Gasteiger partial charge is 0.229 e. The van der Waals surface area contributed by atoms with Crippen LogP contribution in [0.25, 0.3) is 0 Å². The molecule has 1 fully saturated rings. The number of ether oxygens (including phenoxy) is 2. The second-order valence-electron chi connectivity index (χ2n) is 6.23. The van der Waals surface area contributed by atoms with Gasteiger partial charge in [-0.05, 0) is 12.1 Å². The van der Waals surface area contributed by atoms with Crippen LogP contribution >= 0.6 is 0 Å². The molecule has 10 heteroatoms. The Balaban J connectivity index is 2.00. The van der Waals surface area contributed by atoms with E-state index in [9.17, 15) is 35.4 Å². The van der Waals surface area contributed by atoms with Gasteiger partial charge in [-0.25, -0.2) is 0 Å². The fraction of sp³-hybridized carbons (Fsp3) is 0.278. The molecule has 28 heavy (non-hydrogen) atoms. The number of hydrogen-bond donors (Lipinski definition) is 7. The highest BCUT2D eigenvalue weighted by Crippen LogP contribution is 2.37. The van der Waals surface area contributed by atoms with E-state index in [4.69, 9.17) is 14.6 Å². The van der Waals surface area contributed by atoms with Gasteiger partial charge < -0.3 is 45.2 Å². The summed E-state index contributed by atoms with van der Waals surface area (Å²) in [5, 5.41) is 67.9. The van der Waals surface area contributed by atoms with Gasteiger partial charge in [-0.15, -0.1) is 0 Å². The van der Waals surface area contributed by atoms with E-state index < -0.39 is 65.6 Å². The molecular weight excluding hydrogens is 376 g/mol. The highest BCUT2D eigenvalue weighted by atomic mass is 16.7. The van der Waals surface area contributed by atoms with Crippen LogP contribution in [0.15, 0.2) is 30.3 Å². The minimum Gasteiger partial charge on any atom is -0.508 e. The molecule has 0 radical (unpaired) electrons. The van der Waals surface area contributed by atoms with Crippen LogP contribution < -0.4 is 4.74 Å². The summed E-state index contributed by atoms with van der Waals surface area (Å²) in [7, 11) is 0. The van der Waals surface area contributed by atoms with Crippen molar-refractivity contribution in [1.29, 1.82) is 0 Å². The van der Waals surface area contributed by atoms with E-state index in [0.717, 1.165) is 30.3 Å². The van der Waals surface area contributed by atoms with Gasteiger partial charge in [0.15, 0.2) is 0 Å². The Hall–Kier alpha value is -3.05. The minimum atomic E-state index is -1.57. The summed E-state index contributed by atoms with van der Waals surface area (Å²) in [6, 6.07) is 4.95. The maximum absolute atomic E-state index is 12.8. The number of benzene rings is 2. The molecule has 2 aromatic carbocycles. The van der Waals surface area contributed by atoms with Crippen LogP contribution in [-0.4, -0.2) is 72.7 Å². The SMILES string of the molecule is O=C(c1cc(O)cc(O)c1)c1c(O)cc(O)cc1O[C@H]1O[C@@H](CO)[C@H](O)[C@H]1O. The number of aliphatic hydroxyl groups is 3. The summed E-state index contributed by atoms with van der Waals surface area (Å²) >= 11 is 0. The Bertz CT molecular complexity index is 876. The molecule has 1 aliphatic rings. The van der Waals surface area contributed by atoms with Crippen LogP contribution in [0.4, 0.5) is 0 Å². The number of phenols is 4. The van der Waals surface area contributed by atoms with Gasteiger partial charge in [0, 0.05) is 23.8 Å². The van der Waals surface area contributed by atoms with Crippen molar-refractivity contribution in [2.45, 2.75) is 24.6 Å². The zero-order valence-electron chi connectivity index (χ0n) is 14.3. The van der Waals surface area contributed by atoms with E-state index in [0.29, 0.717) is 0 Å². The van der Waals surface area contributed by atoms with Crippen molar-refractivity contribution >= 4 is 5.78 Å². The maximum atomic E-state index is 12.8. The van der Waals surface area contributed by atoms with Gasteiger partial charge in [0.05, 0.1) is 6.61 Å². The fourth-order valence-electron chi connectivity index (χ4n) is 2.87. The van der Waals surface area contributed by atoms with Crippen molar-refractivity contribution < 1.29 is 50.0 Å². The van der Waals surface area contributed by atoms with E-state index in [2.05, 4.69) is 0 Å². The topological polar surface area (TPSA) is 177 Å². The third-order valence-electron chi connectivity index (χ3n) is 4.20. The summed E-state index contributed by atoms with van der Waals surface area (Å²) in [5.41, 5.74) is -0.634. The number of rotatable bonds is 5. The molecule has 1 aliphatic heterocycles. The second-order valence-corrected chi connectivity index (χ2v) is 6.23. The van der Waals surface area contributed by atoms with Crippen molar-refractivity contribution in [3.8, 4) is 28.7 Å². The van der Waals surface area contributed by atoms with Crippen molar-refractivity contribution in [3.05, 3.63) is 41.5 Å². The number of carbonyl (C=O) groups excluding carboxylic acids is 1. The third kappa shape index (κ3) is 3.66. The molecule has 0 spiro atoms. The summed E-state index contributed by atoms with van der Waals surface area (Å²) in [6.07, 6.45) is -5.66. The van der Waals surface area contributed by atoms with E-state index in [1.54, 1.807) is 0 Å². The average Bonchev–Trinajstić information content (AvgIpc) is 2.88. The highest BCUT2D eigenvalue weighted by Gasteiger charge is 2.44. The van der Waals surface area contributed by atoms with Crippen LogP contribution in [0.5, 0.6) is 28.7 Å². The average molecular weight is 394 g/mol. The Labute approximate surface area is 158 Å². The molecule has 0 bridgehead atoms. The summed E-state index contributed by atoms with van der Waals surface area (Å²) in [6.45, 7) is -0.599. The lowest BCUT2D eigenvalue weighted by molar-refractivity contribution is -0.116. The lowest BCUT2D eigenvalue weighted by Crippen LogP contribution is -2.35. The number of carbonyl (C=O) groups is 1. The monoisotopic (exact) mass is 394 g/mol. The standard InChI is InChI=1S/C18H18O10/c19-6-13-16(25)17(26)18(28-13)27-12-5-10(22)4-11(23)14(12)15(24)7-1-8(20)3-9(21)2-7/h1-5,13,16-23,25-26H,6H2/t13-,16-,17+,18-/m0/s1. The Morgan fingerprint density at radius 1 is 0.929 bits per heavy atom. The van der Waals surface area contributed by atoms with Gasteiger partial charge in [0.2, 0.25) is 12.1 Å². The van der Waals surface area contributed by atoms with Crippen LogP contribution in [0.2, 0.25) is 0 Å². The first-order chi connectivity index (χ1) is 13.2. The van der Waals surface area contributed by atoms with Crippen LogP contribution in [0, 0.1) is 0 Å². The molecule has 7 N–H and O–H groups in total. The molecule has 0 amide bonds. The maximum Gasteiger partial charge on any atom is 0.229 e. The van der Waals surface area contributed by atoms with Gasteiger partial charge in [0.25, 0.3) is 0 Å². The fourth-order valence-corrected chi connectivity index (χ4v) is 2.87. The normalized spacial score (nSPS) is 24.2. The van der Waals surface area contributed by atoms with Crippen molar-refractivity contribution in [2.75, 3.05) is 6.61 Å². The predicted molar refractivity (Wildman–Crippen MR) is 91.4 cm³/mol. The Morgan fingerprint density at radius 3 is 2.11 bits per heavy atom. The molecular formula is C18H18O10. The molecule has 2 aromatic rings. The van der Waals surface area contributed by atoms with Crippen LogP contribution in [-0.2, 0) is 4.74 Å². The summed E-state index contributed by atoms with van der Waals surface area (Å²) in [5.74, 6) is -3.19. The number of ketones is 1. The van der Waals surface area contributed by atoms with E-state index in [1.165, 1.54) is 0 Å². The molecule has 0 unspecified atom stereocenters. The lowest BCUT2D eigenvalue weighted by Gasteiger charge is -2.19. The first-order valence-electron chi connectivity index (χ1n) is 8.14. The zero-order valence-corrected chi connectivity index (χ0v) is 14.3. The molecule has 1 saturated heterocycles. The number of hydrogen-bond acceptors (Lipinski definition) is 10. The highest BCUT2D eigenvalue weighted by molar-refractivity contribution is 6.13. The van der Waals surface area contributed by atoms with Gasteiger partial charge >= 0.3 is 0 Å². The Morgan fingerprint density at radius 2 is 1.54 bits per heavy atom. The third-order valence-corrected chi connectivity index (χ3v) is 4.20. The molecule has 150 valence electrons. The molecule has 0 aromatic heterocycles. The molecule has 0 aliphatic carbocycles. The molecule has 4 atom stereocenters. The van der Waals surface area contributed by atoms with Gasteiger partial charge in [-0.3, -0.25) is 4.79 Å². The van der Waals surface area contributed by atoms with Gasteiger partial charge in [-0.1, -0.05) is 0 Å². The van der Waals surface area contributed by atoms with Gasteiger partial charge in [-0.2, -0.15) is 0 Å². The zero-order chi connectivity index (χ0) is 20.6. The molecule has 3 rings (SSSR count). The van der Waals surface area contributed by atoms with Crippen LogP contribution in [0.3, 0.4) is 0 Å². The Kier molecular flexibility index (Phi) is 5.29. The molecule has 1 heterocycles.